The second-order valence-corrected chi connectivity index (χ2v) is 1.62. The average molecular weight is 124 g/mol. The zero-order valence-corrected chi connectivity index (χ0v) is 5.20. The van der Waals surface area contributed by atoms with Gasteiger partial charge in [0.1, 0.15) is 0 Å². The van der Waals surface area contributed by atoms with Crippen LogP contribution < -0.4 is 5.53 Å². The van der Waals surface area contributed by atoms with Crippen LogP contribution in [0.25, 0.3) is 0 Å². The van der Waals surface area contributed by atoms with Gasteiger partial charge in [-0.05, 0) is 6.92 Å². The molecule has 0 aromatic rings. The van der Waals surface area contributed by atoms with Gasteiger partial charge in [-0.3, -0.25) is 0 Å². The highest BCUT2D eigenvalue weighted by molar-refractivity contribution is 6.29. The van der Waals surface area contributed by atoms with Crippen LogP contribution in [-0.2, 0) is 0 Å². The zero-order chi connectivity index (χ0) is 6.69. The van der Waals surface area contributed by atoms with E-state index in [1.165, 1.54) is 11.3 Å². The first-order valence-corrected chi connectivity index (χ1v) is 2.58. The lowest BCUT2D eigenvalue weighted by molar-refractivity contribution is 0.290. The number of hydrazine groups is 1. The van der Waals surface area contributed by atoms with Gasteiger partial charge in [0.05, 0.1) is 11.9 Å². The first-order valence-electron chi connectivity index (χ1n) is 2.58. The highest BCUT2D eigenvalue weighted by Crippen LogP contribution is 1.88. The minimum Gasteiger partial charge on any atom is -0.198 e. The van der Waals surface area contributed by atoms with Crippen LogP contribution >= 0.6 is 0 Å². The minimum atomic E-state index is 0.855. The van der Waals surface area contributed by atoms with E-state index < -0.39 is 0 Å². The summed E-state index contributed by atoms with van der Waals surface area (Å²) in [4.78, 5) is 0. The van der Waals surface area contributed by atoms with Crippen molar-refractivity contribution >= 4 is 11.9 Å². The quantitative estimate of drug-likeness (QED) is 0.546. The number of hydrogen-bond acceptors (Lipinski definition) is 4. The molecule has 0 saturated heterocycles. The predicted octanol–water partition coefficient (Wildman–Crippen LogP) is 0.312. The largest absolute Gasteiger partial charge is 0.198 e. The van der Waals surface area contributed by atoms with E-state index >= 15 is 0 Å². The topological polar surface area (TPSA) is 40.0 Å². The van der Waals surface area contributed by atoms with E-state index in [-0.39, 0.29) is 0 Å². The summed E-state index contributed by atoms with van der Waals surface area (Å²) in [6.45, 7) is 5.35. The number of nitrogens with one attached hydrogen (secondary N) is 1. The summed E-state index contributed by atoms with van der Waals surface area (Å²) in [5.74, 6) is 0. The van der Waals surface area contributed by atoms with Crippen LogP contribution in [0, 0.1) is 0 Å². The summed E-state index contributed by atoms with van der Waals surface area (Å²) < 4.78 is 0. The number of nitrogens with zero attached hydrogens (tertiary/aromatic N) is 3. The van der Waals surface area contributed by atoms with Gasteiger partial charge >= 0.3 is 0 Å². The molecule has 0 radical (unpaired) electrons. The molecule has 0 unspecified atom stereocenters. The Balaban J connectivity index is 2.58. The molecule has 1 rings (SSSR count). The van der Waals surface area contributed by atoms with Crippen LogP contribution in [0.2, 0.25) is 0 Å². The summed E-state index contributed by atoms with van der Waals surface area (Å²) in [7, 11) is 0. The Labute approximate surface area is 53.5 Å². The standard InChI is InChI=1S/C5H8N4/c1-3-9-6-4-5(2)7-8-9/h3-4,8H,1H2,2H3. The van der Waals surface area contributed by atoms with Crippen molar-refractivity contribution in [2.24, 2.45) is 10.2 Å². The molecule has 0 fully saturated rings. The second kappa shape index (κ2) is 2.30. The van der Waals surface area contributed by atoms with Crippen LogP contribution in [0.1, 0.15) is 6.92 Å². The van der Waals surface area contributed by atoms with E-state index in [0.29, 0.717) is 0 Å². The normalized spacial score (nSPS) is 16.6. The third-order valence-electron chi connectivity index (χ3n) is 0.871. The molecule has 1 heterocycles. The second-order valence-electron chi connectivity index (χ2n) is 1.62. The van der Waals surface area contributed by atoms with Gasteiger partial charge < -0.3 is 0 Å². The van der Waals surface area contributed by atoms with Crippen LogP contribution in [0.5, 0.6) is 0 Å². The van der Waals surface area contributed by atoms with Crippen molar-refractivity contribution in [1.29, 1.82) is 0 Å². The third-order valence-corrected chi connectivity index (χ3v) is 0.871. The Morgan fingerprint density at radius 3 is 3.11 bits per heavy atom. The van der Waals surface area contributed by atoms with Crippen molar-refractivity contribution in [3.63, 3.8) is 0 Å². The van der Waals surface area contributed by atoms with Gasteiger partial charge in [-0.2, -0.15) is 20.9 Å². The summed E-state index contributed by atoms with van der Waals surface area (Å²) in [6, 6.07) is 0. The Morgan fingerprint density at radius 1 is 1.89 bits per heavy atom. The van der Waals surface area contributed by atoms with E-state index in [1.807, 2.05) is 6.92 Å². The number of hydrazone groups is 2. The maximum absolute atomic E-state index is 3.88. The van der Waals surface area contributed by atoms with E-state index in [2.05, 4.69) is 22.3 Å². The van der Waals surface area contributed by atoms with Gasteiger partial charge in [0.2, 0.25) is 0 Å². The maximum atomic E-state index is 3.88. The molecular formula is C5H8N4. The van der Waals surface area contributed by atoms with Crippen molar-refractivity contribution < 1.29 is 0 Å². The molecule has 0 aromatic heterocycles. The fraction of sp³-hybridized carbons (Fsp3) is 0.200. The molecule has 0 aromatic carbocycles. The number of hydrogen-bond donors (Lipinski definition) is 1. The van der Waals surface area contributed by atoms with Crippen LogP contribution in [0.4, 0.5) is 0 Å². The third kappa shape index (κ3) is 1.28. The van der Waals surface area contributed by atoms with Crippen molar-refractivity contribution in [2.45, 2.75) is 6.92 Å². The average Bonchev–Trinajstić information content (AvgIpc) is 1.90. The Kier molecular flexibility index (Phi) is 1.48. The molecule has 1 aliphatic heterocycles. The smallest absolute Gasteiger partial charge is 0.0794 e. The van der Waals surface area contributed by atoms with E-state index in [0.717, 1.165) is 5.71 Å². The highest BCUT2D eigenvalue weighted by atomic mass is 15.8. The van der Waals surface area contributed by atoms with Crippen LogP contribution in [0.15, 0.2) is 23.0 Å². The van der Waals surface area contributed by atoms with Gasteiger partial charge in [-0.25, -0.2) is 0 Å². The highest BCUT2D eigenvalue weighted by Gasteiger charge is 1.95. The van der Waals surface area contributed by atoms with Crippen molar-refractivity contribution in [3.8, 4) is 0 Å². The Bertz CT molecular complexity index is 170. The molecule has 0 spiro atoms. The lowest BCUT2D eigenvalue weighted by Gasteiger charge is -2.14. The first-order chi connectivity index (χ1) is 4.33. The van der Waals surface area contributed by atoms with Crippen molar-refractivity contribution in [1.82, 2.24) is 10.7 Å². The Hall–Kier alpha value is -1.32. The van der Waals surface area contributed by atoms with Crippen LogP contribution in [0.3, 0.4) is 0 Å². The molecular weight excluding hydrogens is 116 g/mol. The fourth-order valence-corrected chi connectivity index (χ4v) is 0.419. The maximum Gasteiger partial charge on any atom is 0.0794 e. The molecule has 0 bridgehead atoms. The molecule has 0 saturated carbocycles. The van der Waals surface area contributed by atoms with E-state index in [1.54, 1.807) is 6.21 Å². The molecule has 4 nitrogen and oxygen atoms in total. The van der Waals surface area contributed by atoms with Gasteiger partial charge in [-0.1, -0.05) is 6.58 Å². The van der Waals surface area contributed by atoms with Crippen LogP contribution in [-0.4, -0.2) is 17.0 Å². The zero-order valence-electron chi connectivity index (χ0n) is 5.20. The van der Waals surface area contributed by atoms with Crippen molar-refractivity contribution in [2.75, 3.05) is 0 Å². The molecule has 9 heavy (non-hydrogen) atoms. The SMILES string of the molecule is C=CN1N=CC(C)=NN1. The summed E-state index contributed by atoms with van der Waals surface area (Å²) in [6.07, 6.45) is 3.19. The molecule has 48 valence electrons. The van der Waals surface area contributed by atoms with Gasteiger partial charge in [0, 0.05) is 6.20 Å². The summed E-state index contributed by atoms with van der Waals surface area (Å²) >= 11 is 0. The predicted molar refractivity (Wildman–Crippen MR) is 36.8 cm³/mol. The lowest BCUT2D eigenvalue weighted by atomic mass is 10.5. The minimum absolute atomic E-state index is 0.855. The van der Waals surface area contributed by atoms with E-state index in [4.69, 9.17) is 0 Å². The molecule has 0 aliphatic carbocycles. The molecule has 0 amide bonds. The van der Waals surface area contributed by atoms with Gasteiger partial charge in [0.25, 0.3) is 0 Å². The van der Waals surface area contributed by atoms with Gasteiger partial charge in [-0.15, -0.1) is 0 Å². The lowest BCUT2D eigenvalue weighted by Crippen LogP contribution is -2.28. The van der Waals surface area contributed by atoms with Gasteiger partial charge in [0.15, 0.2) is 0 Å². The fourth-order valence-electron chi connectivity index (χ4n) is 0.419. The molecule has 4 heteroatoms. The van der Waals surface area contributed by atoms with E-state index in [9.17, 15) is 0 Å². The summed E-state index contributed by atoms with van der Waals surface area (Å²) in [5.41, 5.74) is 3.48. The Morgan fingerprint density at radius 2 is 2.67 bits per heavy atom. The first kappa shape index (κ1) is 5.81. The monoisotopic (exact) mass is 124 g/mol. The molecule has 1 aliphatic rings. The summed E-state index contributed by atoms with van der Waals surface area (Å²) in [5, 5.41) is 9.16. The number of rotatable bonds is 1. The van der Waals surface area contributed by atoms with Crippen molar-refractivity contribution in [3.05, 3.63) is 12.8 Å². The molecule has 1 N–H and O–H groups in total. The molecule has 0 atom stereocenters.